The molecule has 212 valence electrons. The molecule has 0 saturated carbocycles. The first-order chi connectivity index (χ1) is 17.2. The Bertz CT molecular complexity index is 962. The van der Waals surface area contributed by atoms with Gasteiger partial charge in [0.2, 0.25) is 10.0 Å². The molecule has 0 aromatic heterocycles. The van der Waals surface area contributed by atoms with E-state index in [1.807, 2.05) is 6.92 Å². The van der Waals surface area contributed by atoms with Gasteiger partial charge in [0.15, 0.2) is 8.32 Å². The number of nitrogens with zero attached hydrogens (tertiary/aromatic N) is 1. The lowest BCUT2D eigenvalue weighted by atomic mass is 10.0. The number of ether oxygens (including phenoxy) is 4. The third kappa shape index (κ3) is 8.57. The van der Waals surface area contributed by atoms with Crippen LogP contribution in [0.15, 0.2) is 29.2 Å². The van der Waals surface area contributed by atoms with E-state index in [4.69, 9.17) is 23.4 Å². The van der Waals surface area contributed by atoms with Gasteiger partial charge >= 0.3 is 5.97 Å². The lowest BCUT2D eigenvalue weighted by Crippen LogP contribution is -2.48. The molecule has 0 N–H and O–H groups in total. The summed E-state index contributed by atoms with van der Waals surface area (Å²) in [7, 11) is -3.18. The topological polar surface area (TPSA) is 101 Å². The second-order valence-corrected chi connectivity index (χ2v) is 17.6. The van der Waals surface area contributed by atoms with Gasteiger partial charge in [-0.3, -0.25) is 4.79 Å². The van der Waals surface area contributed by atoms with Gasteiger partial charge in [0.1, 0.15) is 12.9 Å². The highest BCUT2D eigenvalue weighted by Gasteiger charge is 2.51. The summed E-state index contributed by atoms with van der Waals surface area (Å²) in [6.07, 6.45) is 0.0233. The zero-order chi connectivity index (χ0) is 27.9. The molecule has 9 nitrogen and oxygen atoms in total. The standard InChI is InChI=1S/C26H45NO8SSi/c1-20-12-14-21(15-13-20)36(29,30)27-18-23(35-37(7,8)26(2,3)4)25(34-19-33-17-16-31-5)22(27)10-9-11-24(28)32-6/h12-15,22-23,25H,9-11,16-19H2,1-8H3/t22-,23-,25-/m1/s1. The van der Waals surface area contributed by atoms with Crippen molar-refractivity contribution in [2.45, 2.75) is 88.2 Å². The largest absolute Gasteiger partial charge is 0.469 e. The Morgan fingerprint density at radius 2 is 1.76 bits per heavy atom. The van der Waals surface area contributed by atoms with E-state index in [9.17, 15) is 13.2 Å². The summed E-state index contributed by atoms with van der Waals surface area (Å²) in [5, 5.41) is -0.0733. The Morgan fingerprint density at radius 1 is 1.11 bits per heavy atom. The highest BCUT2D eigenvalue weighted by atomic mass is 32.2. The van der Waals surface area contributed by atoms with E-state index < -0.39 is 36.6 Å². The van der Waals surface area contributed by atoms with Crippen LogP contribution in [0.1, 0.15) is 45.6 Å². The molecule has 11 heteroatoms. The molecule has 1 saturated heterocycles. The van der Waals surface area contributed by atoms with E-state index in [1.54, 1.807) is 31.4 Å². The second kappa shape index (κ2) is 13.6. The summed E-state index contributed by atoms with van der Waals surface area (Å²) >= 11 is 0. The Balaban J connectivity index is 2.42. The predicted octanol–water partition coefficient (Wildman–Crippen LogP) is 4.11. The molecule has 1 aliphatic heterocycles. The molecule has 0 radical (unpaired) electrons. The van der Waals surface area contributed by atoms with Crippen LogP contribution in [-0.4, -0.2) is 86.0 Å². The van der Waals surface area contributed by atoms with Crippen LogP contribution < -0.4 is 0 Å². The first kappa shape index (κ1) is 31.9. The van der Waals surface area contributed by atoms with Gasteiger partial charge in [-0.1, -0.05) is 38.5 Å². The third-order valence-electron chi connectivity index (χ3n) is 7.24. The van der Waals surface area contributed by atoms with Crippen molar-refractivity contribution in [2.75, 3.05) is 40.8 Å². The maximum atomic E-state index is 13.9. The molecular formula is C26H45NO8SSi. The van der Waals surface area contributed by atoms with E-state index in [1.165, 1.54) is 11.4 Å². The fraction of sp³-hybridized carbons (Fsp3) is 0.731. The van der Waals surface area contributed by atoms with E-state index in [0.29, 0.717) is 26.1 Å². The maximum absolute atomic E-state index is 13.9. The average Bonchev–Trinajstić information content (AvgIpc) is 3.15. The molecule has 0 aliphatic carbocycles. The fourth-order valence-corrected chi connectivity index (χ4v) is 7.02. The lowest BCUT2D eigenvalue weighted by Gasteiger charge is -2.39. The normalized spacial score (nSPS) is 21.4. The number of aryl methyl sites for hydroxylation is 1. The molecule has 1 aromatic carbocycles. The Labute approximate surface area is 223 Å². The zero-order valence-corrected chi connectivity index (χ0v) is 25.4. The van der Waals surface area contributed by atoms with Crippen molar-refractivity contribution in [3.8, 4) is 0 Å². The summed E-state index contributed by atoms with van der Waals surface area (Å²) < 4.78 is 57.6. The fourth-order valence-electron chi connectivity index (χ4n) is 4.02. The van der Waals surface area contributed by atoms with Crippen LogP contribution in [0, 0.1) is 6.92 Å². The molecule has 37 heavy (non-hydrogen) atoms. The van der Waals surface area contributed by atoms with Crippen molar-refractivity contribution >= 4 is 24.3 Å². The molecular weight excluding hydrogens is 514 g/mol. The monoisotopic (exact) mass is 559 g/mol. The molecule has 1 aliphatic rings. The molecule has 1 heterocycles. The van der Waals surface area contributed by atoms with Gasteiger partial charge in [0, 0.05) is 20.1 Å². The number of carbonyl (C=O) groups excluding carboxylic acids is 1. The van der Waals surface area contributed by atoms with E-state index in [0.717, 1.165) is 5.56 Å². The van der Waals surface area contributed by atoms with E-state index >= 15 is 0 Å². The smallest absolute Gasteiger partial charge is 0.305 e. The number of methoxy groups -OCH3 is 2. The maximum Gasteiger partial charge on any atom is 0.305 e. The van der Waals surface area contributed by atoms with Gasteiger partial charge in [-0.15, -0.1) is 0 Å². The molecule has 1 aromatic rings. The Kier molecular flexibility index (Phi) is 11.7. The second-order valence-electron chi connectivity index (χ2n) is 11.0. The average molecular weight is 560 g/mol. The predicted molar refractivity (Wildman–Crippen MR) is 144 cm³/mol. The van der Waals surface area contributed by atoms with Crippen LogP contribution in [0.4, 0.5) is 0 Å². The molecule has 0 amide bonds. The van der Waals surface area contributed by atoms with Gasteiger partial charge in [0.25, 0.3) is 0 Å². The van der Waals surface area contributed by atoms with E-state index in [-0.39, 0.29) is 35.7 Å². The van der Waals surface area contributed by atoms with Crippen LogP contribution in [-0.2, 0) is 38.2 Å². The van der Waals surface area contributed by atoms with Crippen LogP contribution >= 0.6 is 0 Å². The summed E-state index contributed by atoms with van der Waals surface area (Å²) in [4.78, 5) is 12.0. The van der Waals surface area contributed by atoms with Gasteiger partial charge < -0.3 is 23.4 Å². The van der Waals surface area contributed by atoms with Crippen LogP contribution in [0.25, 0.3) is 0 Å². The highest BCUT2D eigenvalue weighted by molar-refractivity contribution is 7.89. The van der Waals surface area contributed by atoms with E-state index in [2.05, 4.69) is 33.9 Å². The summed E-state index contributed by atoms with van der Waals surface area (Å²) in [6, 6.07) is 6.30. The summed E-state index contributed by atoms with van der Waals surface area (Å²) in [5.41, 5.74) is 0.976. The van der Waals surface area contributed by atoms with Crippen LogP contribution in [0.5, 0.6) is 0 Å². The first-order valence-corrected chi connectivity index (χ1v) is 17.1. The quantitative estimate of drug-likeness (QED) is 0.145. The zero-order valence-electron chi connectivity index (χ0n) is 23.6. The minimum absolute atomic E-state index is 0.0166. The summed E-state index contributed by atoms with van der Waals surface area (Å²) in [5.74, 6) is -0.333. The number of hydrogen-bond acceptors (Lipinski definition) is 8. The van der Waals surface area contributed by atoms with Crippen LogP contribution in [0.3, 0.4) is 0 Å². The van der Waals surface area contributed by atoms with Crippen LogP contribution in [0.2, 0.25) is 18.1 Å². The van der Waals surface area contributed by atoms with Crippen molar-refractivity contribution in [3.63, 3.8) is 0 Å². The molecule has 0 bridgehead atoms. The molecule has 3 atom stereocenters. The molecule has 1 fully saturated rings. The lowest BCUT2D eigenvalue weighted by molar-refractivity contribution is -0.141. The van der Waals surface area contributed by atoms with Gasteiger partial charge in [-0.25, -0.2) is 8.42 Å². The van der Waals surface area contributed by atoms with Gasteiger partial charge in [-0.2, -0.15) is 4.31 Å². The van der Waals surface area contributed by atoms with Crippen molar-refractivity contribution in [2.24, 2.45) is 0 Å². The SMILES string of the molecule is COCCOCO[C@@H]1[C@@H](CCCC(=O)OC)N(S(=O)(=O)c2ccc(C)cc2)C[C@H]1O[Si](C)(C)C(C)(C)C. The minimum Gasteiger partial charge on any atom is -0.469 e. The number of rotatable bonds is 14. The van der Waals surface area contributed by atoms with Gasteiger partial charge in [0.05, 0.1) is 37.4 Å². The minimum atomic E-state index is -3.85. The molecule has 0 unspecified atom stereocenters. The molecule has 0 spiro atoms. The van der Waals surface area contributed by atoms with Crippen molar-refractivity contribution in [1.82, 2.24) is 4.31 Å². The number of benzene rings is 1. The van der Waals surface area contributed by atoms with Gasteiger partial charge in [-0.05, 0) is 50.0 Å². The van der Waals surface area contributed by atoms with Crippen molar-refractivity contribution < 1.29 is 36.6 Å². The van der Waals surface area contributed by atoms with Crippen molar-refractivity contribution in [3.05, 3.63) is 29.8 Å². The Hall–Kier alpha value is -1.34. The number of sulfonamides is 1. The highest BCUT2D eigenvalue weighted by Crippen LogP contribution is 2.41. The summed E-state index contributed by atoms with van der Waals surface area (Å²) in [6.45, 7) is 13.6. The first-order valence-electron chi connectivity index (χ1n) is 12.8. The number of carbonyl (C=O) groups is 1. The molecule has 2 rings (SSSR count). The number of esters is 1. The Morgan fingerprint density at radius 3 is 2.32 bits per heavy atom. The number of hydrogen-bond donors (Lipinski definition) is 0. The van der Waals surface area contributed by atoms with Crippen molar-refractivity contribution in [1.29, 1.82) is 0 Å². The third-order valence-corrected chi connectivity index (χ3v) is 13.6.